The first-order chi connectivity index (χ1) is 6.59. The summed E-state index contributed by atoms with van der Waals surface area (Å²) in [5.74, 6) is 0.451. The predicted molar refractivity (Wildman–Crippen MR) is 68.3 cm³/mol. The van der Waals surface area contributed by atoms with E-state index in [9.17, 15) is 4.79 Å². The van der Waals surface area contributed by atoms with Crippen LogP contribution in [0, 0.1) is 5.92 Å². The van der Waals surface area contributed by atoms with E-state index in [-0.39, 0.29) is 24.4 Å². The van der Waals surface area contributed by atoms with E-state index >= 15 is 0 Å². The Balaban J connectivity index is 0.00000196. The van der Waals surface area contributed by atoms with Gasteiger partial charge in [-0.1, -0.05) is 28.9 Å². The average molecular weight is 298 g/mol. The summed E-state index contributed by atoms with van der Waals surface area (Å²) in [7, 11) is 0. The van der Waals surface area contributed by atoms with Crippen LogP contribution in [0.25, 0.3) is 0 Å². The van der Waals surface area contributed by atoms with E-state index in [0.29, 0.717) is 18.9 Å². The Kier molecular flexibility index (Phi) is 7.22. The van der Waals surface area contributed by atoms with Crippen LogP contribution in [0.4, 0.5) is 0 Å². The Hall–Kier alpha value is -0.0600. The molecular formula is C10H18BrClN2O. The van der Waals surface area contributed by atoms with Crippen LogP contribution in [0.5, 0.6) is 0 Å². The Bertz CT molecular complexity index is 235. The zero-order chi connectivity index (χ0) is 10.6. The van der Waals surface area contributed by atoms with Crippen LogP contribution in [0.1, 0.15) is 25.7 Å². The van der Waals surface area contributed by atoms with Crippen LogP contribution < -0.4 is 11.1 Å². The van der Waals surface area contributed by atoms with Gasteiger partial charge in [-0.2, -0.15) is 0 Å². The molecule has 1 amide bonds. The van der Waals surface area contributed by atoms with Gasteiger partial charge in [-0.25, -0.2) is 0 Å². The van der Waals surface area contributed by atoms with Crippen molar-refractivity contribution in [3.05, 3.63) is 11.1 Å². The molecular weight excluding hydrogens is 279 g/mol. The Morgan fingerprint density at radius 1 is 1.53 bits per heavy atom. The fourth-order valence-electron chi connectivity index (χ4n) is 1.82. The van der Waals surface area contributed by atoms with Gasteiger partial charge in [-0.05, 0) is 18.8 Å². The van der Waals surface area contributed by atoms with Gasteiger partial charge in [0.15, 0.2) is 0 Å². The first-order valence-corrected chi connectivity index (χ1v) is 5.74. The Morgan fingerprint density at radius 2 is 2.20 bits per heavy atom. The van der Waals surface area contributed by atoms with Crippen LogP contribution in [0.2, 0.25) is 0 Å². The quantitative estimate of drug-likeness (QED) is 0.833. The molecule has 0 aliphatic heterocycles. The lowest BCUT2D eigenvalue weighted by Gasteiger charge is -2.14. The molecule has 0 spiro atoms. The Labute approximate surface area is 105 Å². The molecule has 0 aromatic heterocycles. The summed E-state index contributed by atoms with van der Waals surface area (Å²) in [5.41, 5.74) is 5.88. The second kappa shape index (κ2) is 7.25. The van der Waals surface area contributed by atoms with Gasteiger partial charge in [-0.3, -0.25) is 4.79 Å². The number of carbonyl (C=O) groups excluding carboxylic acids is 1. The molecule has 0 unspecified atom stereocenters. The normalized spacial score (nSPS) is 24.4. The van der Waals surface area contributed by atoms with Crippen molar-refractivity contribution in [2.75, 3.05) is 6.54 Å². The summed E-state index contributed by atoms with van der Waals surface area (Å²) in [6.45, 7) is 4.15. The lowest BCUT2D eigenvalue weighted by Crippen LogP contribution is -2.32. The van der Waals surface area contributed by atoms with Crippen LogP contribution in [-0.4, -0.2) is 18.5 Å². The molecule has 15 heavy (non-hydrogen) atoms. The van der Waals surface area contributed by atoms with Crippen LogP contribution in [-0.2, 0) is 4.79 Å². The van der Waals surface area contributed by atoms with Crippen LogP contribution in [0.15, 0.2) is 11.1 Å². The smallest absolute Gasteiger partial charge is 0.220 e. The van der Waals surface area contributed by atoms with E-state index < -0.39 is 0 Å². The molecule has 3 N–H and O–H groups in total. The number of hydrogen-bond acceptors (Lipinski definition) is 2. The molecule has 0 heterocycles. The number of rotatable bonds is 4. The fourth-order valence-corrected chi connectivity index (χ4v) is 1.96. The van der Waals surface area contributed by atoms with Gasteiger partial charge in [0.25, 0.3) is 0 Å². The number of nitrogens with two attached hydrogens (primary N) is 1. The van der Waals surface area contributed by atoms with E-state index in [0.717, 1.165) is 23.7 Å². The number of halogens is 2. The number of nitrogens with one attached hydrogen (secondary N) is 1. The van der Waals surface area contributed by atoms with Crippen LogP contribution in [0.3, 0.4) is 0 Å². The van der Waals surface area contributed by atoms with E-state index in [1.165, 1.54) is 0 Å². The maximum absolute atomic E-state index is 11.4. The largest absolute Gasteiger partial charge is 0.352 e. The third-order valence-electron chi connectivity index (χ3n) is 2.64. The van der Waals surface area contributed by atoms with Gasteiger partial charge in [0.1, 0.15) is 0 Å². The van der Waals surface area contributed by atoms with Crippen molar-refractivity contribution < 1.29 is 4.79 Å². The average Bonchev–Trinajstić information content (AvgIpc) is 2.49. The molecule has 88 valence electrons. The second-order valence-electron chi connectivity index (χ2n) is 3.85. The Morgan fingerprint density at radius 3 is 2.67 bits per heavy atom. The zero-order valence-electron chi connectivity index (χ0n) is 8.67. The third kappa shape index (κ3) is 5.54. The molecule has 1 aliphatic rings. The van der Waals surface area contributed by atoms with Crippen molar-refractivity contribution >= 4 is 34.2 Å². The first-order valence-electron chi connectivity index (χ1n) is 4.95. The van der Waals surface area contributed by atoms with Crippen molar-refractivity contribution in [2.45, 2.75) is 31.7 Å². The summed E-state index contributed by atoms with van der Waals surface area (Å²) in [5, 5.41) is 2.79. The molecule has 0 bridgehead atoms. The molecule has 1 rings (SSSR count). The number of amides is 1. The van der Waals surface area contributed by atoms with Gasteiger partial charge in [-0.15, -0.1) is 12.4 Å². The highest BCUT2D eigenvalue weighted by atomic mass is 79.9. The summed E-state index contributed by atoms with van der Waals surface area (Å²) >= 11 is 3.19. The third-order valence-corrected chi connectivity index (χ3v) is 2.92. The monoisotopic (exact) mass is 296 g/mol. The second-order valence-corrected chi connectivity index (χ2v) is 4.97. The van der Waals surface area contributed by atoms with Gasteiger partial charge in [0.05, 0.1) is 0 Å². The highest BCUT2D eigenvalue weighted by Gasteiger charge is 2.25. The molecule has 1 saturated carbocycles. The van der Waals surface area contributed by atoms with Crippen LogP contribution >= 0.6 is 28.3 Å². The molecule has 0 saturated heterocycles. The predicted octanol–water partition coefficient (Wildman–Crippen LogP) is 1.95. The number of carbonyl (C=O) groups is 1. The van der Waals surface area contributed by atoms with E-state index in [4.69, 9.17) is 5.73 Å². The van der Waals surface area contributed by atoms with E-state index in [1.807, 2.05) is 0 Å². The minimum atomic E-state index is 0. The first kappa shape index (κ1) is 14.9. The SMILES string of the molecule is C=C(Br)CNC(=O)C[C@@H]1CCC[C@H]1N.Cl. The van der Waals surface area contributed by atoms with Gasteiger partial charge in [0.2, 0.25) is 5.91 Å². The maximum Gasteiger partial charge on any atom is 0.220 e. The van der Waals surface area contributed by atoms with Crippen molar-refractivity contribution in [1.29, 1.82) is 0 Å². The molecule has 0 aromatic rings. The molecule has 1 aliphatic carbocycles. The molecule has 5 heteroatoms. The topological polar surface area (TPSA) is 55.1 Å². The van der Waals surface area contributed by atoms with Gasteiger partial charge in [0, 0.05) is 23.5 Å². The highest BCUT2D eigenvalue weighted by molar-refractivity contribution is 9.11. The van der Waals surface area contributed by atoms with Crippen molar-refractivity contribution in [1.82, 2.24) is 5.32 Å². The molecule has 0 aromatic carbocycles. The fraction of sp³-hybridized carbons (Fsp3) is 0.700. The van der Waals surface area contributed by atoms with E-state index in [2.05, 4.69) is 27.8 Å². The number of hydrogen-bond donors (Lipinski definition) is 2. The maximum atomic E-state index is 11.4. The summed E-state index contributed by atoms with van der Waals surface area (Å²) in [6.07, 6.45) is 3.86. The summed E-state index contributed by atoms with van der Waals surface area (Å²) < 4.78 is 0.793. The van der Waals surface area contributed by atoms with Crippen molar-refractivity contribution in [2.24, 2.45) is 11.7 Å². The summed E-state index contributed by atoms with van der Waals surface area (Å²) in [4.78, 5) is 11.4. The lowest BCUT2D eigenvalue weighted by molar-refractivity contribution is -0.121. The molecule has 0 radical (unpaired) electrons. The van der Waals surface area contributed by atoms with E-state index in [1.54, 1.807) is 0 Å². The molecule has 2 atom stereocenters. The zero-order valence-corrected chi connectivity index (χ0v) is 11.1. The minimum Gasteiger partial charge on any atom is -0.352 e. The summed E-state index contributed by atoms with van der Waals surface area (Å²) in [6, 6.07) is 0.216. The minimum absolute atomic E-state index is 0. The van der Waals surface area contributed by atoms with Gasteiger partial charge >= 0.3 is 0 Å². The van der Waals surface area contributed by atoms with Crippen molar-refractivity contribution in [3.8, 4) is 0 Å². The van der Waals surface area contributed by atoms with Crippen molar-refractivity contribution in [3.63, 3.8) is 0 Å². The van der Waals surface area contributed by atoms with Gasteiger partial charge < -0.3 is 11.1 Å². The standard InChI is InChI=1S/C10H17BrN2O.ClH/c1-7(11)6-13-10(14)5-8-3-2-4-9(8)12;/h8-9H,1-6,12H2,(H,13,14);1H/t8-,9+;/m0./s1. The highest BCUT2D eigenvalue weighted by Crippen LogP contribution is 2.26. The molecule has 1 fully saturated rings. The lowest BCUT2D eigenvalue weighted by atomic mass is 10.00. The molecule has 3 nitrogen and oxygen atoms in total.